The highest BCUT2D eigenvalue weighted by Gasteiger charge is 2.12. The van der Waals surface area contributed by atoms with Gasteiger partial charge in [-0.3, -0.25) is 0 Å². The average Bonchev–Trinajstić information content (AvgIpc) is 2.25. The molecule has 1 unspecified atom stereocenters. The third-order valence-electron chi connectivity index (χ3n) is 2.71. The third-order valence-corrected chi connectivity index (χ3v) is 2.71. The van der Waals surface area contributed by atoms with Crippen molar-refractivity contribution in [3.8, 4) is 12.3 Å². The highest BCUT2D eigenvalue weighted by molar-refractivity contribution is 4.95. The van der Waals surface area contributed by atoms with Crippen molar-refractivity contribution in [1.82, 2.24) is 5.32 Å². The molecule has 1 N–H and O–H groups in total. The molecule has 0 radical (unpaired) electrons. The molecule has 1 saturated carbocycles. The summed E-state index contributed by atoms with van der Waals surface area (Å²) in [7, 11) is 0. The van der Waals surface area contributed by atoms with Gasteiger partial charge in [0.15, 0.2) is 0 Å². The minimum Gasteiger partial charge on any atom is -0.377 e. The summed E-state index contributed by atoms with van der Waals surface area (Å²) in [6, 6.07) is 0.157. The summed E-state index contributed by atoms with van der Waals surface area (Å²) in [5, 5.41) is 3.21. The lowest BCUT2D eigenvalue weighted by molar-refractivity contribution is 0.0300. The van der Waals surface area contributed by atoms with Gasteiger partial charge in [0.1, 0.15) is 0 Å². The van der Waals surface area contributed by atoms with Crippen molar-refractivity contribution in [1.29, 1.82) is 0 Å². The molecule has 0 aromatic heterocycles. The van der Waals surface area contributed by atoms with Crippen LogP contribution in [0.1, 0.15) is 39.0 Å². The molecule has 0 amide bonds. The van der Waals surface area contributed by atoms with E-state index in [0.29, 0.717) is 6.10 Å². The molecule has 0 saturated heterocycles. The average molecular weight is 195 g/mol. The minimum atomic E-state index is 0.157. The van der Waals surface area contributed by atoms with Crippen molar-refractivity contribution >= 4 is 0 Å². The summed E-state index contributed by atoms with van der Waals surface area (Å²) in [4.78, 5) is 0. The van der Waals surface area contributed by atoms with E-state index in [-0.39, 0.29) is 6.04 Å². The van der Waals surface area contributed by atoms with E-state index >= 15 is 0 Å². The van der Waals surface area contributed by atoms with Crippen molar-refractivity contribution in [2.45, 2.75) is 51.2 Å². The van der Waals surface area contributed by atoms with Gasteiger partial charge in [0.05, 0.1) is 18.8 Å². The Labute approximate surface area is 87.4 Å². The highest BCUT2D eigenvalue weighted by Crippen LogP contribution is 2.19. The lowest BCUT2D eigenvalue weighted by atomic mass is 9.98. The molecular formula is C12H21NO. The fourth-order valence-corrected chi connectivity index (χ4v) is 1.79. The highest BCUT2D eigenvalue weighted by atomic mass is 16.5. The van der Waals surface area contributed by atoms with Crippen LogP contribution in [0.5, 0.6) is 0 Å². The molecule has 2 nitrogen and oxygen atoms in total. The summed E-state index contributed by atoms with van der Waals surface area (Å²) in [5.41, 5.74) is 0. The summed E-state index contributed by atoms with van der Waals surface area (Å²) in [5.74, 6) is 2.64. The zero-order chi connectivity index (χ0) is 10.2. The fraction of sp³-hybridized carbons (Fsp3) is 0.833. The van der Waals surface area contributed by atoms with Crippen molar-refractivity contribution in [2.75, 3.05) is 13.2 Å². The number of nitrogens with one attached hydrogen (secondary N) is 1. The SMILES string of the molecule is C#CC(C)NCCOC1CCCCC1. The van der Waals surface area contributed by atoms with Crippen LogP contribution in [0.2, 0.25) is 0 Å². The number of rotatable bonds is 5. The van der Waals surface area contributed by atoms with Gasteiger partial charge in [-0.2, -0.15) is 0 Å². The molecule has 0 aromatic rings. The normalized spacial score (nSPS) is 20.3. The topological polar surface area (TPSA) is 21.3 Å². The maximum Gasteiger partial charge on any atom is 0.0659 e. The Morgan fingerprint density at radius 1 is 1.43 bits per heavy atom. The molecule has 0 aromatic carbocycles. The predicted molar refractivity (Wildman–Crippen MR) is 59.1 cm³/mol. The lowest BCUT2D eigenvalue weighted by Gasteiger charge is -2.22. The van der Waals surface area contributed by atoms with Gasteiger partial charge >= 0.3 is 0 Å². The van der Waals surface area contributed by atoms with E-state index in [1.54, 1.807) is 0 Å². The van der Waals surface area contributed by atoms with E-state index in [1.807, 2.05) is 6.92 Å². The van der Waals surface area contributed by atoms with Crippen molar-refractivity contribution < 1.29 is 4.74 Å². The Morgan fingerprint density at radius 2 is 2.14 bits per heavy atom. The lowest BCUT2D eigenvalue weighted by Crippen LogP contribution is -2.30. The van der Waals surface area contributed by atoms with Crippen molar-refractivity contribution in [3.63, 3.8) is 0 Å². The number of hydrogen-bond acceptors (Lipinski definition) is 2. The maximum absolute atomic E-state index is 5.75. The first-order valence-corrected chi connectivity index (χ1v) is 5.64. The molecule has 1 aliphatic carbocycles. The van der Waals surface area contributed by atoms with E-state index in [1.165, 1.54) is 32.1 Å². The van der Waals surface area contributed by atoms with Crippen LogP contribution in [0.4, 0.5) is 0 Å². The Balaban J connectivity index is 1.95. The van der Waals surface area contributed by atoms with Gasteiger partial charge in [0.25, 0.3) is 0 Å². The van der Waals surface area contributed by atoms with E-state index in [2.05, 4.69) is 11.2 Å². The van der Waals surface area contributed by atoms with Gasteiger partial charge < -0.3 is 10.1 Å². The van der Waals surface area contributed by atoms with Crippen LogP contribution in [0.25, 0.3) is 0 Å². The molecule has 0 bridgehead atoms. The molecule has 1 fully saturated rings. The van der Waals surface area contributed by atoms with Gasteiger partial charge in [0, 0.05) is 6.54 Å². The maximum atomic E-state index is 5.75. The van der Waals surface area contributed by atoms with Gasteiger partial charge in [-0.1, -0.05) is 25.2 Å². The molecular weight excluding hydrogens is 174 g/mol. The Bertz CT molecular complexity index is 179. The van der Waals surface area contributed by atoms with Crippen LogP contribution in [0.15, 0.2) is 0 Å². The van der Waals surface area contributed by atoms with Gasteiger partial charge in [0.2, 0.25) is 0 Å². The first kappa shape index (κ1) is 11.6. The largest absolute Gasteiger partial charge is 0.377 e. The summed E-state index contributed by atoms with van der Waals surface area (Å²) in [6.07, 6.45) is 12.3. The molecule has 14 heavy (non-hydrogen) atoms. The second-order valence-electron chi connectivity index (χ2n) is 3.97. The van der Waals surface area contributed by atoms with Gasteiger partial charge in [-0.15, -0.1) is 6.42 Å². The molecule has 1 rings (SSSR count). The zero-order valence-corrected chi connectivity index (χ0v) is 9.09. The van der Waals surface area contributed by atoms with E-state index in [4.69, 9.17) is 11.2 Å². The fourth-order valence-electron chi connectivity index (χ4n) is 1.79. The Kier molecular flexibility index (Phi) is 5.66. The van der Waals surface area contributed by atoms with Gasteiger partial charge in [-0.25, -0.2) is 0 Å². The number of hydrogen-bond donors (Lipinski definition) is 1. The standard InChI is InChI=1S/C12H21NO/c1-3-11(2)13-9-10-14-12-7-5-4-6-8-12/h1,11-13H,4-10H2,2H3. The zero-order valence-electron chi connectivity index (χ0n) is 9.09. The molecule has 0 heterocycles. The van der Waals surface area contributed by atoms with E-state index < -0.39 is 0 Å². The third kappa shape index (κ3) is 4.64. The van der Waals surface area contributed by atoms with Gasteiger partial charge in [-0.05, 0) is 19.8 Å². The number of terminal acetylenes is 1. The van der Waals surface area contributed by atoms with Crippen LogP contribution >= 0.6 is 0 Å². The molecule has 1 aliphatic rings. The van der Waals surface area contributed by atoms with Crippen molar-refractivity contribution in [2.24, 2.45) is 0 Å². The monoisotopic (exact) mass is 195 g/mol. The van der Waals surface area contributed by atoms with Crippen molar-refractivity contribution in [3.05, 3.63) is 0 Å². The number of ether oxygens (including phenoxy) is 1. The summed E-state index contributed by atoms with van der Waals surface area (Å²) in [6.45, 7) is 3.64. The first-order valence-electron chi connectivity index (χ1n) is 5.64. The molecule has 0 aliphatic heterocycles. The van der Waals surface area contributed by atoms with E-state index in [9.17, 15) is 0 Å². The predicted octanol–water partition coefficient (Wildman–Crippen LogP) is 1.95. The van der Waals surface area contributed by atoms with Crippen LogP contribution in [-0.2, 0) is 4.74 Å². The quantitative estimate of drug-likeness (QED) is 0.535. The summed E-state index contributed by atoms with van der Waals surface area (Å²) < 4.78 is 5.75. The Hall–Kier alpha value is -0.520. The Morgan fingerprint density at radius 3 is 2.79 bits per heavy atom. The molecule has 2 heteroatoms. The molecule has 80 valence electrons. The molecule has 1 atom stereocenters. The second-order valence-corrected chi connectivity index (χ2v) is 3.97. The van der Waals surface area contributed by atoms with E-state index in [0.717, 1.165) is 13.2 Å². The van der Waals surface area contributed by atoms with Crippen LogP contribution in [0.3, 0.4) is 0 Å². The summed E-state index contributed by atoms with van der Waals surface area (Å²) >= 11 is 0. The molecule has 0 spiro atoms. The van der Waals surface area contributed by atoms with Crippen LogP contribution in [0, 0.1) is 12.3 Å². The van der Waals surface area contributed by atoms with Crippen LogP contribution in [-0.4, -0.2) is 25.3 Å². The smallest absolute Gasteiger partial charge is 0.0659 e. The first-order chi connectivity index (χ1) is 6.83. The minimum absolute atomic E-state index is 0.157. The van der Waals surface area contributed by atoms with Crippen LogP contribution < -0.4 is 5.32 Å². The second kappa shape index (κ2) is 6.86.